The van der Waals surface area contributed by atoms with Crippen molar-refractivity contribution >= 4 is 33.2 Å². The van der Waals surface area contributed by atoms with Gasteiger partial charge in [-0.2, -0.15) is 0 Å². The monoisotopic (exact) mass is 602 g/mol. The fraction of sp³-hybridized carbons (Fsp3) is 0.149. The van der Waals surface area contributed by atoms with Gasteiger partial charge in [0.1, 0.15) is 0 Å². The van der Waals surface area contributed by atoms with Gasteiger partial charge >= 0.3 is 0 Å². The first-order valence-corrected chi connectivity index (χ1v) is 17.3. The van der Waals surface area contributed by atoms with Crippen molar-refractivity contribution < 1.29 is 0 Å². The van der Waals surface area contributed by atoms with Crippen LogP contribution in [-0.4, -0.2) is 0 Å². The van der Waals surface area contributed by atoms with E-state index in [1.807, 2.05) is 0 Å². The Labute approximate surface area is 278 Å². The largest absolute Gasteiger partial charge is 0.0833 e. The lowest BCUT2D eigenvalue weighted by Gasteiger charge is -2.24. The maximum absolute atomic E-state index is 2.54. The van der Waals surface area contributed by atoms with Crippen molar-refractivity contribution in [2.45, 2.75) is 39.0 Å². The third-order valence-electron chi connectivity index (χ3n) is 10.6. The Balaban J connectivity index is 1.49. The second-order valence-electron chi connectivity index (χ2n) is 13.5. The minimum Gasteiger partial charge on any atom is -0.0833 e. The minimum atomic E-state index is 0.211. The molecule has 226 valence electrons. The van der Waals surface area contributed by atoms with Crippen molar-refractivity contribution in [3.05, 3.63) is 167 Å². The van der Waals surface area contributed by atoms with Crippen LogP contribution in [0, 0.1) is 5.92 Å². The van der Waals surface area contributed by atoms with Gasteiger partial charge in [0, 0.05) is 5.92 Å². The van der Waals surface area contributed by atoms with Gasteiger partial charge in [0.2, 0.25) is 0 Å². The molecular formula is C47H38. The highest BCUT2D eigenvalue weighted by Gasteiger charge is 2.32. The van der Waals surface area contributed by atoms with Crippen LogP contribution in [-0.2, 0) is 0 Å². The van der Waals surface area contributed by atoms with E-state index in [9.17, 15) is 0 Å². The molecule has 0 fully saturated rings. The van der Waals surface area contributed by atoms with Crippen LogP contribution in [0.3, 0.4) is 0 Å². The average Bonchev–Trinajstić information content (AvgIpc) is 3.30. The van der Waals surface area contributed by atoms with E-state index in [0.29, 0.717) is 5.92 Å². The van der Waals surface area contributed by atoms with Crippen molar-refractivity contribution in [1.29, 1.82) is 0 Å². The Morgan fingerprint density at radius 3 is 2.34 bits per heavy atom. The van der Waals surface area contributed by atoms with Crippen LogP contribution >= 0.6 is 0 Å². The molecule has 0 saturated heterocycles. The molecule has 0 radical (unpaired) electrons. The summed E-state index contributed by atoms with van der Waals surface area (Å²) >= 11 is 0. The van der Waals surface area contributed by atoms with Gasteiger partial charge in [0.05, 0.1) is 0 Å². The first kappa shape index (κ1) is 28.1. The smallest absolute Gasteiger partial charge is 0.0208 e. The van der Waals surface area contributed by atoms with E-state index < -0.39 is 0 Å². The van der Waals surface area contributed by atoms with Crippen molar-refractivity contribution in [1.82, 2.24) is 0 Å². The van der Waals surface area contributed by atoms with Crippen molar-refractivity contribution in [3.63, 3.8) is 0 Å². The lowest BCUT2D eigenvalue weighted by atomic mass is 9.78. The van der Waals surface area contributed by atoms with Crippen LogP contribution < -0.4 is 0 Å². The number of benzene rings is 5. The fourth-order valence-electron chi connectivity index (χ4n) is 8.30. The first-order valence-electron chi connectivity index (χ1n) is 17.3. The zero-order chi connectivity index (χ0) is 31.5. The van der Waals surface area contributed by atoms with E-state index in [0.717, 1.165) is 19.3 Å². The summed E-state index contributed by atoms with van der Waals surface area (Å²) in [6.07, 6.45) is 29.1. The second-order valence-corrected chi connectivity index (χ2v) is 13.5. The average molecular weight is 603 g/mol. The van der Waals surface area contributed by atoms with Crippen LogP contribution in [0.15, 0.2) is 151 Å². The Bertz CT molecular complexity index is 2320. The molecule has 0 amide bonds. The highest BCUT2D eigenvalue weighted by molar-refractivity contribution is 6.27. The molecule has 0 N–H and O–H groups in total. The molecule has 4 bridgehead atoms. The summed E-state index contributed by atoms with van der Waals surface area (Å²) in [5.74, 6) is 0.668. The summed E-state index contributed by atoms with van der Waals surface area (Å²) in [7, 11) is 0. The van der Waals surface area contributed by atoms with E-state index in [1.54, 1.807) is 0 Å². The third kappa shape index (κ3) is 4.50. The standard InChI is InChI=1S/C47H38/c1-3-31-24-25-35-27-37(26-31)30(2)14-11-21-36-28-38(35)29-41-43(33-15-7-4-5-8-16-33)46-39-22-12-19-32-20-13-23-40(42(32)39)47(46)45(44(36)41)34-17-9-6-10-18-34/h4,6-13,15-30,35H,3,5,14H2,1-2H3/b21-11-. The predicted octanol–water partition coefficient (Wildman–Crippen LogP) is 13.2. The van der Waals surface area contributed by atoms with Crippen LogP contribution in [0.5, 0.6) is 0 Å². The molecule has 0 nitrogen and oxygen atoms in total. The van der Waals surface area contributed by atoms with Gasteiger partial charge in [-0.1, -0.05) is 153 Å². The summed E-state index contributed by atoms with van der Waals surface area (Å²) in [6, 6.07) is 29.9. The number of fused-ring (bicyclic) bond motifs is 9. The molecule has 0 heteroatoms. The van der Waals surface area contributed by atoms with E-state index >= 15 is 0 Å². The molecule has 5 aromatic carbocycles. The molecule has 0 saturated carbocycles. The number of hydrogen-bond acceptors (Lipinski definition) is 0. The Hall–Kier alpha value is -5.20. The van der Waals surface area contributed by atoms with E-state index in [1.165, 1.54) is 88.3 Å². The fourth-order valence-corrected chi connectivity index (χ4v) is 8.30. The molecule has 0 heterocycles. The molecule has 2 unspecified atom stereocenters. The molecule has 0 spiro atoms. The lowest BCUT2D eigenvalue weighted by Crippen LogP contribution is -2.03. The summed E-state index contributed by atoms with van der Waals surface area (Å²) in [6.45, 7) is 4.65. The van der Waals surface area contributed by atoms with E-state index in [2.05, 4.69) is 160 Å². The SMILES string of the molecule is CCC1=CC2=CC(C=C1)c1cc(c3c(-c4ccccc4)c4c(c(C5=CC=CCC=C5)c3c1)-c1cccc3cccc-4c13)/C=C\CC2C. The summed E-state index contributed by atoms with van der Waals surface area (Å²) in [5.41, 5.74) is 16.2. The molecule has 47 heavy (non-hydrogen) atoms. The molecule has 2 atom stereocenters. The Kier molecular flexibility index (Phi) is 6.71. The van der Waals surface area contributed by atoms with Gasteiger partial charge in [-0.15, -0.1) is 0 Å². The lowest BCUT2D eigenvalue weighted by molar-refractivity contribution is 0.707. The highest BCUT2D eigenvalue weighted by Crippen LogP contribution is 2.57. The summed E-state index contributed by atoms with van der Waals surface area (Å²) < 4.78 is 0. The number of allylic oxidation sites excluding steroid dienone is 13. The molecule has 0 aromatic heterocycles. The topological polar surface area (TPSA) is 0 Å². The van der Waals surface area contributed by atoms with E-state index in [-0.39, 0.29) is 5.92 Å². The minimum absolute atomic E-state index is 0.211. The third-order valence-corrected chi connectivity index (χ3v) is 10.6. The Morgan fingerprint density at radius 1 is 0.723 bits per heavy atom. The number of hydrogen-bond donors (Lipinski definition) is 0. The summed E-state index contributed by atoms with van der Waals surface area (Å²) in [4.78, 5) is 0. The zero-order valence-corrected chi connectivity index (χ0v) is 27.1. The second kappa shape index (κ2) is 11.2. The molecule has 9 rings (SSSR count). The highest BCUT2D eigenvalue weighted by atomic mass is 14.3. The van der Waals surface area contributed by atoms with Crippen LogP contribution in [0.1, 0.15) is 55.7 Å². The molecule has 4 aliphatic rings. The molecule has 4 aliphatic carbocycles. The van der Waals surface area contributed by atoms with Crippen molar-refractivity contribution in [3.8, 4) is 33.4 Å². The van der Waals surface area contributed by atoms with Crippen LogP contribution in [0.2, 0.25) is 0 Å². The Morgan fingerprint density at radius 2 is 1.53 bits per heavy atom. The van der Waals surface area contributed by atoms with Crippen LogP contribution in [0.4, 0.5) is 0 Å². The predicted molar refractivity (Wildman–Crippen MR) is 203 cm³/mol. The maximum atomic E-state index is 2.54. The van der Waals surface area contributed by atoms with E-state index in [4.69, 9.17) is 0 Å². The van der Waals surface area contributed by atoms with Gasteiger partial charge in [-0.3, -0.25) is 0 Å². The normalized spacial score (nSPS) is 19.9. The van der Waals surface area contributed by atoms with Crippen molar-refractivity contribution in [2.75, 3.05) is 0 Å². The van der Waals surface area contributed by atoms with Crippen LogP contribution in [0.25, 0.3) is 66.6 Å². The summed E-state index contributed by atoms with van der Waals surface area (Å²) in [5, 5.41) is 5.35. The van der Waals surface area contributed by atoms with Gasteiger partial charge < -0.3 is 0 Å². The zero-order valence-electron chi connectivity index (χ0n) is 27.1. The van der Waals surface area contributed by atoms with Crippen molar-refractivity contribution in [2.24, 2.45) is 5.92 Å². The number of rotatable bonds is 3. The quantitative estimate of drug-likeness (QED) is 0.189. The van der Waals surface area contributed by atoms with Gasteiger partial charge in [0.25, 0.3) is 0 Å². The van der Waals surface area contributed by atoms with Gasteiger partial charge in [-0.05, 0) is 120 Å². The van der Waals surface area contributed by atoms with Gasteiger partial charge in [0.15, 0.2) is 0 Å². The molecular weight excluding hydrogens is 565 g/mol. The van der Waals surface area contributed by atoms with Gasteiger partial charge in [-0.25, -0.2) is 0 Å². The maximum Gasteiger partial charge on any atom is 0.0208 e. The molecule has 5 aromatic rings. The first-order chi connectivity index (χ1) is 23.2. The molecule has 0 aliphatic heterocycles.